The zero-order chi connectivity index (χ0) is 15.1. The molecule has 1 heterocycles. The van der Waals surface area contributed by atoms with E-state index in [-0.39, 0.29) is 0 Å². The van der Waals surface area contributed by atoms with Gasteiger partial charge in [-0.05, 0) is 37.4 Å². The first-order valence-electron chi connectivity index (χ1n) is 7.86. The number of carboxylic acid groups (broad SMARTS) is 1. The third-order valence-electron chi connectivity index (χ3n) is 4.24. The topological polar surface area (TPSA) is 43.8 Å². The van der Waals surface area contributed by atoms with Crippen LogP contribution in [0.15, 0.2) is 24.3 Å². The molecule has 4 heteroatoms. The number of benzene rings is 1. The van der Waals surface area contributed by atoms with Crippen LogP contribution in [0.4, 0.5) is 0 Å². The van der Waals surface area contributed by atoms with Gasteiger partial charge in [0.25, 0.3) is 0 Å². The Labute approximate surface area is 127 Å². The number of rotatable bonds is 7. The predicted molar refractivity (Wildman–Crippen MR) is 84.4 cm³/mol. The number of carboxylic acids is 1. The molecule has 1 saturated heterocycles. The van der Waals surface area contributed by atoms with E-state index in [0.29, 0.717) is 6.42 Å². The highest BCUT2D eigenvalue weighted by molar-refractivity contribution is 5.66. The molecule has 0 radical (unpaired) electrons. The molecule has 1 aromatic rings. The lowest BCUT2D eigenvalue weighted by molar-refractivity contribution is -0.137. The van der Waals surface area contributed by atoms with Crippen molar-refractivity contribution in [2.45, 2.75) is 32.7 Å². The number of nitrogens with zero attached hydrogens (tertiary/aromatic N) is 2. The summed E-state index contributed by atoms with van der Waals surface area (Å²) in [6.45, 7) is 8.65. The van der Waals surface area contributed by atoms with E-state index in [1.807, 2.05) is 0 Å². The van der Waals surface area contributed by atoms with Gasteiger partial charge in [-0.3, -0.25) is 9.69 Å². The molecule has 1 aromatic carbocycles. The van der Waals surface area contributed by atoms with Crippen LogP contribution in [-0.4, -0.2) is 53.6 Å². The van der Waals surface area contributed by atoms with Gasteiger partial charge in [-0.25, -0.2) is 0 Å². The molecule has 0 aliphatic carbocycles. The minimum Gasteiger partial charge on any atom is -0.481 e. The molecular formula is C17H26N2O2. The number of hydrogen-bond acceptors (Lipinski definition) is 3. The van der Waals surface area contributed by atoms with Crippen LogP contribution in [0, 0.1) is 6.92 Å². The lowest BCUT2D eigenvalue weighted by Gasteiger charge is -2.35. The number of carbonyl (C=O) groups is 1. The van der Waals surface area contributed by atoms with Gasteiger partial charge >= 0.3 is 5.97 Å². The fourth-order valence-electron chi connectivity index (χ4n) is 2.81. The molecule has 21 heavy (non-hydrogen) atoms. The van der Waals surface area contributed by atoms with Crippen LogP contribution in [0.1, 0.15) is 30.4 Å². The van der Waals surface area contributed by atoms with Gasteiger partial charge in [0.1, 0.15) is 0 Å². The van der Waals surface area contributed by atoms with Gasteiger partial charge in [0, 0.05) is 39.1 Å². The van der Waals surface area contributed by atoms with Crippen LogP contribution in [0.25, 0.3) is 0 Å². The van der Waals surface area contributed by atoms with E-state index in [2.05, 4.69) is 41.0 Å². The summed E-state index contributed by atoms with van der Waals surface area (Å²) in [7, 11) is 0. The minimum atomic E-state index is -0.682. The van der Waals surface area contributed by atoms with Crippen LogP contribution in [-0.2, 0) is 11.3 Å². The molecule has 0 amide bonds. The number of aliphatic carboxylic acids is 1. The molecule has 0 spiro atoms. The second-order valence-electron chi connectivity index (χ2n) is 5.90. The average Bonchev–Trinajstić information content (AvgIpc) is 2.47. The molecule has 0 unspecified atom stereocenters. The fourth-order valence-corrected chi connectivity index (χ4v) is 2.81. The standard InChI is InChI=1S/C17H26N2O2/c1-15-6-2-3-7-16(15)14-19-12-10-18(11-13-19)9-5-4-8-17(20)21/h2-3,6-7H,4-5,8-14H2,1H3,(H,20,21). The van der Waals surface area contributed by atoms with E-state index in [0.717, 1.165) is 52.1 Å². The molecular weight excluding hydrogens is 264 g/mol. The Balaban J connectivity index is 1.66. The third-order valence-corrected chi connectivity index (χ3v) is 4.24. The van der Waals surface area contributed by atoms with Gasteiger partial charge in [0.15, 0.2) is 0 Å². The molecule has 0 bridgehead atoms. The molecule has 0 aromatic heterocycles. The van der Waals surface area contributed by atoms with Gasteiger partial charge in [-0.2, -0.15) is 0 Å². The van der Waals surface area contributed by atoms with E-state index in [1.54, 1.807) is 0 Å². The maximum Gasteiger partial charge on any atom is 0.303 e. The van der Waals surface area contributed by atoms with Crippen molar-refractivity contribution in [1.82, 2.24) is 9.80 Å². The van der Waals surface area contributed by atoms with E-state index in [9.17, 15) is 4.79 Å². The van der Waals surface area contributed by atoms with Crippen LogP contribution in [0.3, 0.4) is 0 Å². The van der Waals surface area contributed by atoms with Crippen molar-refractivity contribution in [3.63, 3.8) is 0 Å². The van der Waals surface area contributed by atoms with Crippen molar-refractivity contribution in [3.05, 3.63) is 35.4 Å². The Morgan fingerprint density at radius 3 is 2.43 bits per heavy atom. The van der Waals surface area contributed by atoms with Gasteiger partial charge in [0.05, 0.1) is 0 Å². The van der Waals surface area contributed by atoms with E-state index in [4.69, 9.17) is 5.11 Å². The Morgan fingerprint density at radius 1 is 1.10 bits per heavy atom. The first kappa shape index (κ1) is 16.0. The molecule has 4 nitrogen and oxygen atoms in total. The van der Waals surface area contributed by atoms with Crippen molar-refractivity contribution in [2.75, 3.05) is 32.7 Å². The highest BCUT2D eigenvalue weighted by Crippen LogP contribution is 2.12. The maximum atomic E-state index is 10.5. The van der Waals surface area contributed by atoms with Crippen molar-refractivity contribution >= 4 is 5.97 Å². The molecule has 2 rings (SSSR count). The number of piperazine rings is 1. The zero-order valence-electron chi connectivity index (χ0n) is 12.9. The Kier molecular flexibility index (Phi) is 6.21. The molecule has 1 N–H and O–H groups in total. The highest BCUT2D eigenvalue weighted by atomic mass is 16.4. The van der Waals surface area contributed by atoms with Gasteiger partial charge in [-0.15, -0.1) is 0 Å². The first-order valence-corrected chi connectivity index (χ1v) is 7.86. The number of unbranched alkanes of at least 4 members (excludes halogenated alkanes) is 1. The van der Waals surface area contributed by atoms with Gasteiger partial charge < -0.3 is 10.0 Å². The highest BCUT2D eigenvalue weighted by Gasteiger charge is 2.16. The monoisotopic (exact) mass is 290 g/mol. The van der Waals surface area contributed by atoms with Crippen LogP contribution < -0.4 is 0 Å². The van der Waals surface area contributed by atoms with Crippen molar-refractivity contribution < 1.29 is 9.90 Å². The van der Waals surface area contributed by atoms with E-state index < -0.39 is 5.97 Å². The summed E-state index contributed by atoms with van der Waals surface area (Å²) in [6.07, 6.45) is 2.08. The molecule has 116 valence electrons. The fraction of sp³-hybridized carbons (Fsp3) is 0.588. The quantitative estimate of drug-likeness (QED) is 0.783. The van der Waals surface area contributed by atoms with Gasteiger partial charge in [-0.1, -0.05) is 24.3 Å². The zero-order valence-corrected chi connectivity index (χ0v) is 12.9. The molecule has 1 aliphatic rings. The lowest BCUT2D eigenvalue weighted by atomic mass is 10.1. The number of hydrogen-bond donors (Lipinski definition) is 1. The largest absolute Gasteiger partial charge is 0.481 e. The molecule has 0 atom stereocenters. The molecule has 0 saturated carbocycles. The van der Waals surface area contributed by atoms with E-state index >= 15 is 0 Å². The van der Waals surface area contributed by atoms with Crippen LogP contribution in [0.2, 0.25) is 0 Å². The van der Waals surface area contributed by atoms with Crippen LogP contribution >= 0.6 is 0 Å². The Hall–Kier alpha value is -1.39. The second kappa shape index (κ2) is 8.15. The number of aryl methyl sites for hydroxylation is 1. The Morgan fingerprint density at radius 2 is 1.76 bits per heavy atom. The van der Waals surface area contributed by atoms with Crippen molar-refractivity contribution in [1.29, 1.82) is 0 Å². The third kappa shape index (κ3) is 5.48. The summed E-state index contributed by atoms with van der Waals surface area (Å²) in [4.78, 5) is 15.4. The molecule has 1 aliphatic heterocycles. The maximum absolute atomic E-state index is 10.5. The summed E-state index contributed by atoms with van der Waals surface area (Å²) in [5, 5.41) is 8.63. The van der Waals surface area contributed by atoms with Crippen LogP contribution in [0.5, 0.6) is 0 Å². The summed E-state index contributed by atoms with van der Waals surface area (Å²) < 4.78 is 0. The summed E-state index contributed by atoms with van der Waals surface area (Å²) in [5.74, 6) is -0.682. The van der Waals surface area contributed by atoms with Crippen molar-refractivity contribution in [3.8, 4) is 0 Å². The predicted octanol–water partition coefficient (Wildman–Crippen LogP) is 2.37. The summed E-state index contributed by atoms with van der Waals surface area (Å²) in [6, 6.07) is 8.59. The summed E-state index contributed by atoms with van der Waals surface area (Å²) >= 11 is 0. The molecule has 1 fully saturated rings. The lowest BCUT2D eigenvalue weighted by Crippen LogP contribution is -2.46. The van der Waals surface area contributed by atoms with Gasteiger partial charge in [0.2, 0.25) is 0 Å². The second-order valence-corrected chi connectivity index (χ2v) is 5.90. The smallest absolute Gasteiger partial charge is 0.303 e. The first-order chi connectivity index (χ1) is 10.1. The van der Waals surface area contributed by atoms with E-state index in [1.165, 1.54) is 11.1 Å². The minimum absolute atomic E-state index is 0.299. The normalized spacial score (nSPS) is 17.0. The summed E-state index contributed by atoms with van der Waals surface area (Å²) in [5.41, 5.74) is 2.79. The SMILES string of the molecule is Cc1ccccc1CN1CCN(CCCCC(=O)O)CC1. The van der Waals surface area contributed by atoms with Crippen molar-refractivity contribution in [2.24, 2.45) is 0 Å². The average molecular weight is 290 g/mol. The Bertz CT molecular complexity index is 454.